The number of phenols is 1. The van der Waals surface area contributed by atoms with Crippen LogP contribution in [0.1, 0.15) is 30.4 Å². The molecule has 0 aliphatic carbocycles. The van der Waals surface area contributed by atoms with Crippen molar-refractivity contribution in [2.75, 3.05) is 0 Å². The fourth-order valence-corrected chi connectivity index (χ4v) is 2.25. The highest BCUT2D eigenvalue weighted by atomic mass is 16.4. The molecule has 0 atom stereocenters. The molecule has 0 fully saturated rings. The van der Waals surface area contributed by atoms with Gasteiger partial charge in [-0.25, -0.2) is 4.79 Å². The Labute approximate surface area is 115 Å². The van der Waals surface area contributed by atoms with Crippen molar-refractivity contribution >= 4 is 16.9 Å². The van der Waals surface area contributed by atoms with Gasteiger partial charge in [-0.15, -0.1) is 0 Å². The Morgan fingerprint density at radius 3 is 2.75 bits per heavy atom. The Bertz CT molecular complexity index is 699. The van der Waals surface area contributed by atoms with Crippen LogP contribution in [0.5, 0.6) is 5.75 Å². The monoisotopic (exact) mass is 276 g/mol. The van der Waals surface area contributed by atoms with Crippen molar-refractivity contribution in [3.8, 4) is 5.75 Å². The summed E-state index contributed by atoms with van der Waals surface area (Å²) in [5.41, 5.74) is 1.35. The van der Waals surface area contributed by atoms with Gasteiger partial charge in [0.05, 0.1) is 0 Å². The normalized spacial score (nSPS) is 10.8. The zero-order valence-corrected chi connectivity index (χ0v) is 11.2. The first-order chi connectivity index (χ1) is 9.49. The average molecular weight is 276 g/mol. The van der Waals surface area contributed by atoms with Gasteiger partial charge in [-0.1, -0.05) is 0 Å². The van der Waals surface area contributed by atoms with Crippen LogP contribution in [0.25, 0.3) is 11.0 Å². The largest absolute Gasteiger partial charge is 0.508 e. The molecule has 0 saturated heterocycles. The second kappa shape index (κ2) is 5.77. The van der Waals surface area contributed by atoms with E-state index in [0.717, 1.165) is 10.9 Å². The molecule has 106 valence electrons. The molecule has 1 aromatic carbocycles. The van der Waals surface area contributed by atoms with Crippen LogP contribution in [0.4, 0.5) is 0 Å². The second-order valence-electron chi connectivity index (χ2n) is 4.77. The predicted octanol–water partition coefficient (Wildman–Crippen LogP) is 2.60. The van der Waals surface area contributed by atoms with Gasteiger partial charge in [-0.2, -0.15) is 0 Å². The van der Waals surface area contributed by atoms with E-state index in [0.29, 0.717) is 30.4 Å². The van der Waals surface area contributed by atoms with Crippen LogP contribution < -0.4 is 5.63 Å². The number of carboxylic acid groups (broad SMARTS) is 1. The molecule has 1 heterocycles. The number of hydrogen-bond donors (Lipinski definition) is 2. The van der Waals surface area contributed by atoms with E-state index < -0.39 is 11.6 Å². The van der Waals surface area contributed by atoms with Gasteiger partial charge in [0.25, 0.3) is 0 Å². The third kappa shape index (κ3) is 2.99. The molecule has 20 heavy (non-hydrogen) atoms. The molecule has 5 heteroatoms. The summed E-state index contributed by atoms with van der Waals surface area (Å²) >= 11 is 0. The summed E-state index contributed by atoms with van der Waals surface area (Å²) in [5, 5.41) is 18.8. The SMILES string of the molecule is Cc1c(CCCCC(=O)O)c(=O)oc2cc(O)ccc12. The number of carbonyl (C=O) groups is 1. The van der Waals surface area contributed by atoms with E-state index in [9.17, 15) is 14.7 Å². The zero-order valence-electron chi connectivity index (χ0n) is 11.2. The lowest BCUT2D eigenvalue weighted by molar-refractivity contribution is -0.137. The van der Waals surface area contributed by atoms with Crippen LogP contribution in [-0.2, 0) is 11.2 Å². The van der Waals surface area contributed by atoms with Gasteiger partial charge in [0.2, 0.25) is 0 Å². The van der Waals surface area contributed by atoms with Crippen molar-refractivity contribution in [3.05, 3.63) is 39.7 Å². The summed E-state index contributed by atoms with van der Waals surface area (Å²) in [5.74, 6) is -0.781. The number of rotatable bonds is 5. The fourth-order valence-electron chi connectivity index (χ4n) is 2.25. The van der Waals surface area contributed by atoms with Crippen molar-refractivity contribution in [3.63, 3.8) is 0 Å². The Balaban J connectivity index is 2.27. The molecule has 0 amide bonds. The lowest BCUT2D eigenvalue weighted by Crippen LogP contribution is -2.10. The standard InChI is InChI=1S/C15H16O5/c1-9-11-7-6-10(16)8-13(11)20-15(19)12(9)4-2-3-5-14(17)18/h6-8,16H,2-5H2,1H3,(H,17,18). The minimum absolute atomic E-state index is 0.0502. The highest BCUT2D eigenvalue weighted by Crippen LogP contribution is 2.24. The van der Waals surface area contributed by atoms with E-state index in [1.807, 2.05) is 6.92 Å². The molecule has 0 radical (unpaired) electrons. The molecule has 0 bridgehead atoms. The fraction of sp³-hybridized carbons (Fsp3) is 0.333. The molecular formula is C15H16O5. The molecule has 5 nitrogen and oxygen atoms in total. The number of aliphatic carboxylic acids is 1. The van der Waals surface area contributed by atoms with Gasteiger partial charge in [0.1, 0.15) is 11.3 Å². The lowest BCUT2D eigenvalue weighted by Gasteiger charge is -2.07. The van der Waals surface area contributed by atoms with Crippen molar-refractivity contribution in [2.24, 2.45) is 0 Å². The first kappa shape index (κ1) is 14.1. The van der Waals surface area contributed by atoms with E-state index in [1.165, 1.54) is 6.07 Å². The van der Waals surface area contributed by atoms with Gasteiger partial charge >= 0.3 is 11.6 Å². The second-order valence-corrected chi connectivity index (χ2v) is 4.77. The molecule has 2 N–H and O–H groups in total. The predicted molar refractivity (Wildman–Crippen MR) is 74.1 cm³/mol. The minimum atomic E-state index is -0.831. The summed E-state index contributed by atoms with van der Waals surface area (Å²) < 4.78 is 5.20. The zero-order chi connectivity index (χ0) is 14.7. The smallest absolute Gasteiger partial charge is 0.339 e. The molecule has 0 aliphatic rings. The number of aromatic hydroxyl groups is 1. The maximum Gasteiger partial charge on any atom is 0.339 e. The number of unbranched alkanes of at least 4 members (excludes halogenated alkanes) is 1. The molecule has 2 aromatic rings. The quantitative estimate of drug-likeness (QED) is 0.647. The van der Waals surface area contributed by atoms with Crippen LogP contribution in [0, 0.1) is 6.92 Å². The first-order valence-electron chi connectivity index (χ1n) is 6.46. The molecule has 0 aliphatic heterocycles. The molecule has 0 unspecified atom stereocenters. The highest BCUT2D eigenvalue weighted by Gasteiger charge is 2.11. The summed E-state index contributed by atoms with van der Waals surface area (Å²) in [6.45, 7) is 1.84. The highest BCUT2D eigenvalue weighted by molar-refractivity contribution is 5.82. The first-order valence-corrected chi connectivity index (χ1v) is 6.46. The topological polar surface area (TPSA) is 87.7 Å². The molecule has 0 saturated carbocycles. The average Bonchev–Trinajstić information content (AvgIpc) is 2.36. The maximum atomic E-state index is 11.9. The van der Waals surface area contributed by atoms with E-state index >= 15 is 0 Å². The van der Waals surface area contributed by atoms with Crippen molar-refractivity contribution in [1.29, 1.82) is 0 Å². The molecule has 0 spiro atoms. The summed E-state index contributed by atoms with van der Waals surface area (Å²) in [4.78, 5) is 22.4. The van der Waals surface area contributed by atoms with Gasteiger partial charge in [0, 0.05) is 23.4 Å². The van der Waals surface area contributed by atoms with E-state index in [1.54, 1.807) is 12.1 Å². The Kier molecular flexibility index (Phi) is 4.08. The van der Waals surface area contributed by atoms with Crippen molar-refractivity contribution in [2.45, 2.75) is 32.6 Å². The number of phenolic OH excluding ortho intramolecular Hbond substituents is 1. The van der Waals surface area contributed by atoms with Gasteiger partial charge in [-0.3, -0.25) is 4.79 Å². The molecular weight excluding hydrogens is 260 g/mol. The minimum Gasteiger partial charge on any atom is -0.508 e. The van der Waals surface area contributed by atoms with Crippen molar-refractivity contribution in [1.82, 2.24) is 0 Å². The number of carboxylic acids is 1. The van der Waals surface area contributed by atoms with Crippen LogP contribution in [0.2, 0.25) is 0 Å². The summed E-state index contributed by atoms with van der Waals surface area (Å²) in [7, 11) is 0. The number of fused-ring (bicyclic) bond motifs is 1. The van der Waals surface area contributed by atoms with Crippen LogP contribution >= 0.6 is 0 Å². The summed E-state index contributed by atoms with van der Waals surface area (Å²) in [6.07, 6.45) is 1.76. The third-order valence-corrected chi connectivity index (χ3v) is 3.34. The lowest BCUT2D eigenvalue weighted by atomic mass is 10.0. The van der Waals surface area contributed by atoms with Gasteiger partial charge < -0.3 is 14.6 Å². The maximum absolute atomic E-state index is 11.9. The molecule has 2 rings (SSSR count). The number of benzene rings is 1. The van der Waals surface area contributed by atoms with Crippen molar-refractivity contribution < 1.29 is 19.4 Å². The van der Waals surface area contributed by atoms with E-state index in [-0.39, 0.29) is 12.2 Å². The van der Waals surface area contributed by atoms with Gasteiger partial charge in [-0.05, 0) is 43.9 Å². The van der Waals surface area contributed by atoms with Crippen LogP contribution in [0.3, 0.4) is 0 Å². The van der Waals surface area contributed by atoms with Crippen LogP contribution in [-0.4, -0.2) is 16.2 Å². The molecule has 1 aromatic heterocycles. The summed E-state index contributed by atoms with van der Waals surface area (Å²) in [6, 6.07) is 4.67. The Hall–Kier alpha value is -2.30. The number of hydrogen-bond acceptors (Lipinski definition) is 4. The third-order valence-electron chi connectivity index (χ3n) is 3.34. The van der Waals surface area contributed by atoms with Gasteiger partial charge in [0.15, 0.2) is 0 Å². The van der Waals surface area contributed by atoms with E-state index in [4.69, 9.17) is 9.52 Å². The van der Waals surface area contributed by atoms with Crippen LogP contribution in [0.15, 0.2) is 27.4 Å². The Morgan fingerprint density at radius 1 is 1.30 bits per heavy atom. The number of aryl methyl sites for hydroxylation is 1. The van der Waals surface area contributed by atoms with E-state index in [2.05, 4.69) is 0 Å². The Morgan fingerprint density at radius 2 is 2.05 bits per heavy atom.